The van der Waals surface area contributed by atoms with E-state index in [0.717, 1.165) is 17.0 Å². The summed E-state index contributed by atoms with van der Waals surface area (Å²) in [5.41, 5.74) is 4.85. The lowest BCUT2D eigenvalue weighted by Crippen LogP contribution is -2.18. The van der Waals surface area contributed by atoms with Crippen LogP contribution >= 0.6 is 23.4 Å². The van der Waals surface area contributed by atoms with E-state index >= 15 is 0 Å². The molecule has 2 aromatic rings. The monoisotopic (exact) mass is 360 g/mol. The van der Waals surface area contributed by atoms with Crippen molar-refractivity contribution < 1.29 is 18.0 Å². The summed E-state index contributed by atoms with van der Waals surface area (Å²) in [5.74, 6) is -0.566. The van der Waals surface area contributed by atoms with E-state index in [1.165, 1.54) is 17.8 Å². The van der Waals surface area contributed by atoms with Crippen molar-refractivity contribution in [3.05, 3.63) is 53.1 Å². The molecule has 0 atom stereocenters. The zero-order chi connectivity index (χ0) is 17.0. The van der Waals surface area contributed by atoms with E-state index in [2.05, 4.69) is 5.32 Å². The van der Waals surface area contributed by atoms with Crippen LogP contribution in [0.5, 0.6) is 0 Å². The number of hydrogen-bond acceptors (Lipinski definition) is 3. The molecule has 0 aromatic heterocycles. The first-order chi connectivity index (χ1) is 10.8. The number of hydrogen-bond donors (Lipinski definition) is 2. The van der Waals surface area contributed by atoms with E-state index in [0.29, 0.717) is 5.69 Å². The van der Waals surface area contributed by atoms with Gasteiger partial charge in [-0.1, -0.05) is 11.6 Å². The largest absolute Gasteiger partial charge is 0.418 e. The molecule has 0 aliphatic rings. The standard InChI is InChI=1S/C15H12ClF3N2OS/c16-9-1-6-13(12(7-9)15(17,18)19)21-14(22)8-23-11-4-2-10(20)3-5-11/h1-7H,8,20H2,(H,21,22). The van der Waals surface area contributed by atoms with Crippen LogP contribution in [-0.4, -0.2) is 11.7 Å². The molecule has 1 amide bonds. The molecule has 0 heterocycles. The predicted molar refractivity (Wildman–Crippen MR) is 86.7 cm³/mol. The number of halogens is 4. The van der Waals surface area contributed by atoms with Crippen molar-refractivity contribution in [2.45, 2.75) is 11.1 Å². The molecule has 122 valence electrons. The van der Waals surface area contributed by atoms with Gasteiger partial charge in [-0.05, 0) is 42.5 Å². The first-order valence-corrected chi connectivity index (χ1v) is 7.77. The number of thioether (sulfide) groups is 1. The number of amides is 1. The van der Waals surface area contributed by atoms with Gasteiger partial charge < -0.3 is 11.1 Å². The van der Waals surface area contributed by atoms with Crippen LogP contribution in [0.25, 0.3) is 0 Å². The highest BCUT2D eigenvalue weighted by atomic mass is 35.5. The van der Waals surface area contributed by atoms with Crippen LogP contribution in [0.1, 0.15) is 5.56 Å². The average molecular weight is 361 g/mol. The van der Waals surface area contributed by atoms with Crippen molar-refractivity contribution in [3.8, 4) is 0 Å². The molecule has 0 bridgehead atoms. The fourth-order valence-corrected chi connectivity index (χ4v) is 2.63. The quantitative estimate of drug-likeness (QED) is 0.615. The van der Waals surface area contributed by atoms with Crippen molar-refractivity contribution in [1.82, 2.24) is 0 Å². The van der Waals surface area contributed by atoms with Crippen molar-refractivity contribution in [2.24, 2.45) is 0 Å². The second kappa shape index (κ2) is 7.14. The van der Waals surface area contributed by atoms with Gasteiger partial charge in [0.1, 0.15) is 0 Å². The van der Waals surface area contributed by atoms with Crippen LogP contribution in [0.3, 0.4) is 0 Å². The highest BCUT2D eigenvalue weighted by molar-refractivity contribution is 8.00. The molecular weight excluding hydrogens is 349 g/mol. The van der Waals surface area contributed by atoms with Gasteiger partial charge in [0.25, 0.3) is 0 Å². The van der Waals surface area contributed by atoms with Crippen LogP contribution in [-0.2, 0) is 11.0 Å². The Morgan fingerprint density at radius 3 is 2.43 bits per heavy atom. The molecular formula is C15H12ClF3N2OS. The highest BCUT2D eigenvalue weighted by Gasteiger charge is 2.34. The van der Waals surface area contributed by atoms with E-state index in [4.69, 9.17) is 17.3 Å². The third-order valence-electron chi connectivity index (χ3n) is 2.81. The molecule has 0 unspecified atom stereocenters. The third kappa shape index (κ3) is 5.07. The Bertz CT molecular complexity index is 705. The molecule has 0 saturated heterocycles. The molecule has 0 aliphatic heterocycles. The second-order valence-corrected chi connectivity index (χ2v) is 6.08. The number of carbonyl (C=O) groups is 1. The molecule has 0 radical (unpaired) electrons. The molecule has 8 heteroatoms. The zero-order valence-electron chi connectivity index (χ0n) is 11.7. The molecule has 0 aliphatic carbocycles. The Labute approximate surface area is 140 Å². The highest BCUT2D eigenvalue weighted by Crippen LogP contribution is 2.36. The lowest BCUT2D eigenvalue weighted by molar-refractivity contribution is -0.137. The van der Waals surface area contributed by atoms with Crippen molar-refractivity contribution in [1.29, 1.82) is 0 Å². The summed E-state index contributed by atoms with van der Waals surface area (Å²) in [6.45, 7) is 0. The van der Waals surface area contributed by atoms with Gasteiger partial charge in [0.15, 0.2) is 0 Å². The lowest BCUT2D eigenvalue weighted by Gasteiger charge is -2.14. The average Bonchev–Trinajstić information content (AvgIpc) is 2.47. The van der Waals surface area contributed by atoms with Crippen molar-refractivity contribution in [2.75, 3.05) is 16.8 Å². The summed E-state index contributed by atoms with van der Waals surface area (Å²) in [4.78, 5) is 12.7. The lowest BCUT2D eigenvalue weighted by atomic mass is 10.1. The smallest absolute Gasteiger partial charge is 0.399 e. The normalized spacial score (nSPS) is 11.3. The SMILES string of the molecule is Nc1ccc(SCC(=O)Nc2ccc(Cl)cc2C(F)(F)F)cc1. The number of alkyl halides is 3. The maximum absolute atomic E-state index is 12.9. The molecule has 0 fully saturated rings. The molecule has 2 aromatic carbocycles. The maximum atomic E-state index is 12.9. The van der Waals surface area contributed by atoms with Crippen molar-refractivity contribution in [3.63, 3.8) is 0 Å². The number of nitrogens with two attached hydrogens (primary N) is 1. The fraction of sp³-hybridized carbons (Fsp3) is 0.133. The minimum atomic E-state index is -4.60. The Kier molecular flexibility index (Phi) is 5.43. The van der Waals surface area contributed by atoms with E-state index in [1.54, 1.807) is 24.3 Å². The number of nitrogen functional groups attached to an aromatic ring is 1. The van der Waals surface area contributed by atoms with Gasteiger partial charge in [0.05, 0.1) is 17.0 Å². The summed E-state index contributed by atoms with van der Waals surface area (Å²) < 4.78 is 38.8. The number of rotatable bonds is 4. The zero-order valence-corrected chi connectivity index (χ0v) is 13.2. The first kappa shape index (κ1) is 17.5. The van der Waals surface area contributed by atoms with Gasteiger partial charge in [-0.3, -0.25) is 4.79 Å². The number of anilines is 2. The number of nitrogens with one attached hydrogen (secondary N) is 1. The van der Waals surface area contributed by atoms with E-state index < -0.39 is 17.6 Å². The van der Waals surface area contributed by atoms with Crippen molar-refractivity contribution >= 4 is 40.6 Å². The summed E-state index contributed by atoms with van der Waals surface area (Å²) >= 11 is 6.78. The summed E-state index contributed by atoms with van der Waals surface area (Å²) in [5, 5.41) is 2.21. The minimum absolute atomic E-state index is 0.0240. The third-order valence-corrected chi connectivity index (χ3v) is 4.06. The van der Waals surface area contributed by atoms with Crippen LogP contribution in [0.2, 0.25) is 5.02 Å². The second-order valence-electron chi connectivity index (χ2n) is 4.59. The van der Waals surface area contributed by atoms with Gasteiger partial charge in [0.2, 0.25) is 5.91 Å². The Morgan fingerprint density at radius 1 is 1.17 bits per heavy atom. The Morgan fingerprint density at radius 2 is 1.83 bits per heavy atom. The van der Waals surface area contributed by atoms with Crippen LogP contribution in [0.4, 0.5) is 24.5 Å². The molecule has 0 saturated carbocycles. The Balaban J connectivity index is 2.04. The van der Waals surface area contributed by atoms with Crippen LogP contribution < -0.4 is 11.1 Å². The van der Waals surface area contributed by atoms with E-state index in [9.17, 15) is 18.0 Å². The maximum Gasteiger partial charge on any atom is 0.418 e. The van der Waals surface area contributed by atoms with Crippen LogP contribution in [0.15, 0.2) is 47.4 Å². The van der Waals surface area contributed by atoms with Crippen LogP contribution in [0, 0.1) is 0 Å². The minimum Gasteiger partial charge on any atom is -0.399 e. The fourth-order valence-electron chi connectivity index (χ4n) is 1.76. The molecule has 0 spiro atoms. The van der Waals surface area contributed by atoms with Gasteiger partial charge in [0, 0.05) is 15.6 Å². The van der Waals surface area contributed by atoms with Gasteiger partial charge >= 0.3 is 6.18 Å². The topological polar surface area (TPSA) is 55.1 Å². The first-order valence-electron chi connectivity index (χ1n) is 6.40. The van der Waals surface area contributed by atoms with Gasteiger partial charge in [-0.15, -0.1) is 11.8 Å². The molecule has 2 rings (SSSR count). The molecule has 3 nitrogen and oxygen atoms in total. The molecule has 23 heavy (non-hydrogen) atoms. The molecule has 3 N–H and O–H groups in total. The van der Waals surface area contributed by atoms with E-state index in [-0.39, 0.29) is 16.5 Å². The summed E-state index contributed by atoms with van der Waals surface area (Å²) in [6.07, 6.45) is -4.60. The summed E-state index contributed by atoms with van der Waals surface area (Å²) in [7, 11) is 0. The number of carbonyl (C=O) groups excluding carboxylic acids is 1. The van der Waals surface area contributed by atoms with Gasteiger partial charge in [-0.25, -0.2) is 0 Å². The number of benzene rings is 2. The summed E-state index contributed by atoms with van der Waals surface area (Å²) in [6, 6.07) is 10.0. The van der Waals surface area contributed by atoms with E-state index in [1.807, 2.05) is 0 Å². The predicted octanol–water partition coefficient (Wildman–Crippen LogP) is 4.67. The van der Waals surface area contributed by atoms with Gasteiger partial charge in [-0.2, -0.15) is 13.2 Å². The Hall–Kier alpha value is -1.86.